The minimum absolute atomic E-state index is 0.158. The summed E-state index contributed by atoms with van der Waals surface area (Å²) in [6.45, 7) is 0. The van der Waals surface area contributed by atoms with Crippen molar-refractivity contribution < 1.29 is 13.2 Å². The largest absolute Gasteiger partial charge is 0.497 e. The van der Waals surface area contributed by atoms with Gasteiger partial charge >= 0.3 is 0 Å². The Hall–Kier alpha value is -1.11. The monoisotopic (exact) mass is 312 g/mol. The number of nitrogens with one attached hydrogen (secondary N) is 1. The lowest BCUT2D eigenvalue weighted by molar-refractivity contribution is 0.392. The molecule has 0 saturated carbocycles. The highest BCUT2D eigenvalue weighted by Gasteiger charge is 2.29. The van der Waals surface area contributed by atoms with Crippen molar-refractivity contribution in [2.24, 2.45) is 11.8 Å². The second-order valence-electron chi connectivity index (χ2n) is 5.76. The molecule has 5 nitrogen and oxygen atoms in total. The molecule has 0 spiro atoms. The third kappa shape index (κ3) is 4.98. The summed E-state index contributed by atoms with van der Waals surface area (Å²) >= 11 is 0. The maximum Gasteiger partial charge on any atom is 0.150 e. The number of rotatable bonds is 7. The minimum Gasteiger partial charge on any atom is -0.497 e. The number of methoxy groups -OCH3 is 1. The molecule has 0 aromatic heterocycles. The van der Waals surface area contributed by atoms with Gasteiger partial charge in [-0.25, -0.2) is 8.42 Å². The molecule has 118 valence electrons. The Kier molecular flexibility index (Phi) is 5.61. The second-order valence-corrected chi connectivity index (χ2v) is 7.98. The number of ether oxygens (including phenoxy) is 1. The summed E-state index contributed by atoms with van der Waals surface area (Å²) in [5, 5.41) is 0. The fourth-order valence-corrected chi connectivity index (χ4v) is 4.74. The van der Waals surface area contributed by atoms with Gasteiger partial charge in [-0.3, -0.25) is 11.3 Å². The molecule has 2 atom stereocenters. The van der Waals surface area contributed by atoms with Gasteiger partial charge in [0.25, 0.3) is 0 Å². The first kappa shape index (κ1) is 16.3. The van der Waals surface area contributed by atoms with Crippen LogP contribution in [0.2, 0.25) is 0 Å². The number of hydrogen-bond acceptors (Lipinski definition) is 5. The van der Waals surface area contributed by atoms with Crippen LogP contribution in [0.1, 0.15) is 24.8 Å². The predicted octanol–water partition coefficient (Wildman–Crippen LogP) is 1.28. The SMILES string of the molecule is COc1ccc(CCC(CC2CCS(=O)(=O)C2)NN)cc1. The van der Waals surface area contributed by atoms with Gasteiger partial charge in [0, 0.05) is 6.04 Å². The van der Waals surface area contributed by atoms with Crippen LogP contribution in [-0.2, 0) is 16.3 Å². The fourth-order valence-electron chi connectivity index (χ4n) is 2.86. The zero-order chi connectivity index (χ0) is 15.3. The molecular formula is C15H24N2O3S. The van der Waals surface area contributed by atoms with Crippen molar-refractivity contribution in [3.63, 3.8) is 0 Å². The number of sulfone groups is 1. The van der Waals surface area contributed by atoms with Crippen molar-refractivity contribution in [2.45, 2.75) is 31.7 Å². The van der Waals surface area contributed by atoms with Crippen molar-refractivity contribution in [1.82, 2.24) is 5.43 Å². The van der Waals surface area contributed by atoms with E-state index in [-0.39, 0.29) is 12.0 Å². The lowest BCUT2D eigenvalue weighted by Crippen LogP contribution is -2.37. The molecule has 0 bridgehead atoms. The zero-order valence-corrected chi connectivity index (χ0v) is 13.2. The fraction of sp³-hybridized carbons (Fsp3) is 0.600. The van der Waals surface area contributed by atoms with Gasteiger partial charge in [-0.1, -0.05) is 12.1 Å². The standard InChI is InChI=1S/C15H24N2O3S/c1-20-15-6-3-12(4-7-15)2-5-14(17-16)10-13-8-9-21(18,19)11-13/h3-4,6-7,13-14,17H,2,5,8-11,16H2,1H3. The smallest absolute Gasteiger partial charge is 0.150 e. The molecule has 2 rings (SSSR count). The normalized spacial score (nSPS) is 22.1. The number of nitrogens with two attached hydrogens (primary N) is 1. The minimum atomic E-state index is -2.81. The Morgan fingerprint density at radius 1 is 1.38 bits per heavy atom. The molecule has 21 heavy (non-hydrogen) atoms. The summed E-state index contributed by atoms with van der Waals surface area (Å²) in [7, 11) is -1.15. The van der Waals surface area contributed by atoms with Crippen LogP contribution in [0, 0.1) is 5.92 Å². The average Bonchev–Trinajstić information content (AvgIpc) is 2.83. The van der Waals surface area contributed by atoms with Gasteiger partial charge in [-0.2, -0.15) is 0 Å². The molecule has 1 fully saturated rings. The van der Waals surface area contributed by atoms with Gasteiger partial charge < -0.3 is 4.74 Å². The van der Waals surface area contributed by atoms with Gasteiger partial charge in [-0.15, -0.1) is 0 Å². The molecule has 6 heteroatoms. The van der Waals surface area contributed by atoms with E-state index in [2.05, 4.69) is 5.43 Å². The Morgan fingerprint density at radius 2 is 2.10 bits per heavy atom. The molecule has 1 aromatic rings. The van der Waals surface area contributed by atoms with Crippen LogP contribution in [-0.4, -0.2) is 33.1 Å². The van der Waals surface area contributed by atoms with Crippen molar-refractivity contribution in [1.29, 1.82) is 0 Å². The van der Waals surface area contributed by atoms with Crippen LogP contribution in [0.15, 0.2) is 24.3 Å². The van der Waals surface area contributed by atoms with Crippen molar-refractivity contribution in [2.75, 3.05) is 18.6 Å². The second kappa shape index (κ2) is 7.24. The van der Waals surface area contributed by atoms with Crippen LogP contribution in [0.3, 0.4) is 0 Å². The lowest BCUT2D eigenvalue weighted by atomic mass is 9.95. The molecule has 1 aliphatic heterocycles. The van der Waals surface area contributed by atoms with Crippen molar-refractivity contribution >= 4 is 9.84 Å². The Bertz CT molecular complexity index is 543. The number of aryl methyl sites for hydroxylation is 1. The van der Waals surface area contributed by atoms with Gasteiger partial charge in [0.15, 0.2) is 9.84 Å². The van der Waals surface area contributed by atoms with E-state index in [1.165, 1.54) is 5.56 Å². The van der Waals surface area contributed by atoms with Crippen LogP contribution < -0.4 is 16.0 Å². The summed E-state index contributed by atoms with van der Waals surface area (Å²) in [4.78, 5) is 0. The highest BCUT2D eigenvalue weighted by Crippen LogP contribution is 2.24. The van der Waals surface area contributed by atoms with E-state index in [0.717, 1.165) is 31.4 Å². The van der Waals surface area contributed by atoms with Gasteiger partial charge in [0.1, 0.15) is 5.75 Å². The quantitative estimate of drug-likeness (QED) is 0.585. The summed E-state index contributed by atoms with van der Waals surface area (Å²) in [6.07, 6.45) is 3.41. The van der Waals surface area contributed by atoms with Crippen LogP contribution in [0.4, 0.5) is 0 Å². The molecule has 2 unspecified atom stereocenters. The van der Waals surface area contributed by atoms with Crippen LogP contribution in [0.25, 0.3) is 0 Å². The van der Waals surface area contributed by atoms with Crippen molar-refractivity contribution in [3.05, 3.63) is 29.8 Å². The number of benzene rings is 1. The van der Waals surface area contributed by atoms with Crippen LogP contribution in [0.5, 0.6) is 5.75 Å². The molecule has 1 aliphatic rings. The molecule has 0 radical (unpaired) electrons. The van der Waals surface area contributed by atoms with E-state index < -0.39 is 9.84 Å². The molecule has 1 saturated heterocycles. The van der Waals surface area contributed by atoms with Crippen LogP contribution >= 0.6 is 0 Å². The molecule has 0 aliphatic carbocycles. The van der Waals surface area contributed by atoms with E-state index in [1.54, 1.807) is 7.11 Å². The molecule has 1 aromatic carbocycles. The van der Waals surface area contributed by atoms with E-state index in [9.17, 15) is 8.42 Å². The first-order valence-electron chi connectivity index (χ1n) is 7.32. The maximum atomic E-state index is 11.5. The molecule has 1 heterocycles. The van der Waals surface area contributed by atoms with E-state index in [4.69, 9.17) is 10.6 Å². The lowest BCUT2D eigenvalue weighted by Gasteiger charge is -2.19. The number of hydrazine groups is 1. The average molecular weight is 312 g/mol. The Balaban J connectivity index is 1.82. The summed E-state index contributed by atoms with van der Waals surface area (Å²) in [5.41, 5.74) is 4.06. The first-order chi connectivity index (χ1) is 10.0. The Morgan fingerprint density at radius 3 is 2.62 bits per heavy atom. The van der Waals surface area contributed by atoms with Gasteiger partial charge in [0.05, 0.1) is 18.6 Å². The summed E-state index contributed by atoms with van der Waals surface area (Å²) < 4.78 is 28.1. The predicted molar refractivity (Wildman–Crippen MR) is 83.8 cm³/mol. The Labute approximate surface area is 126 Å². The number of hydrogen-bond donors (Lipinski definition) is 2. The molecular weight excluding hydrogens is 288 g/mol. The summed E-state index contributed by atoms with van der Waals surface area (Å²) in [5.74, 6) is 7.34. The van der Waals surface area contributed by atoms with E-state index >= 15 is 0 Å². The van der Waals surface area contributed by atoms with E-state index in [0.29, 0.717) is 11.5 Å². The maximum absolute atomic E-state index is 11.5. The highest BCUT2D eigenvalue weighted by atomic mass is 32.2. The molecule has 3 N–H and O–H groups in total. The van der Waals surface area contributed by atoms with Crippen molar-refractivity contribution in [3.8, 4) is 5.75 Å². The topological polar surface area (TPSA) is 81.4 Å². The molecule has 0 amide bonds. The first-order valence-corrected chi connectivity index (χ1v) is 9.14. The summed E-state index contributed by atoms with van der Waals surface area (Å²) in [6, 6.07) is 8.15. The zero-order valence-electron chi connectivity index (χ0n) is 12.4. The van der Waals surface area contributed by atoms with Gasteiger partial charge in [0.2, 0.25) is 0 Å². The third-order valence-electron chi connectivity index (χ3n) is 4.12. The highest BCUT2D eigenvalue weighted by molar-refractivity contribution is 7.91. The third-order valence-corrected chi connectivity index (χ3v) is 5.96. The van der Waals surface area contributed by atoms with Gasteiger partial charge in [-0.05, 0) is 49.3 Å². The van der Waals surface area contributed by atoms with E-state index in [1.807, 2.05) is 24.3 Å².